The molecule has 3 heterocycles. The Kier molecular flexibility index (Phi) is 5.50. The van der Waals surface area contributed by atoms with Gasteiger partial charge in [0.25, 0.3) is 0 Å². The summed E-state index contributed by atoms with van der Waals surface area (Å²) in [6.07, 6.45) is 7.00. The Hall–Kier alpha value is -3.60. The van der Waals surface area contributed by atoms with Crippen molar-refractivity contribution in [1.29, 1.82) is 0 Å². The number of aryl methyl sites for hydroxylation is 1. The Morgan fingerprint density at radius 1 is 1.16 bits per heavy atom. The number of rotatable bonds is 6. The minimum atomic E-state index is -2.14. The van der Waals surface area contributed by atoms with Gasteiger partial charge in [-0.3, -0.25) is 4.21 Å². The highest BCUT2D eigenvalue weighted by Crippen LogP contribution is 2.69. The van der Waals surface area contributed by atoms with Crippen LogP contribution in [-0.2, 0) is 21.4 Å². The molecule has 0 N–H and O–H groups in total. The van der Waals surface area contributed by atoms with Crippen molar-refractivity contribution in [2.45, 2.75) is 44.4 Å². The minimum Gasteiger partial charge on any atom is -0.268 e. The van der Waals surface area contributed by atoms with E-state index in [0.717, 1.165) is 24.1 Å². The highest BCUT2D eigenvalue weighted by atomic mass is 32.2. The summed E-state index contributed by atoms with van der Waals surface area (Å²) in [5.41, 5.74) is 0.772. The molecule has 1 fully saturated rings. The van der Waals surface area contributed by atoms with E-state index in [1.807, 2.05) is 0 Å². The first-order chi connectivity index (χ1) is 18.0. The Morgan fingerprint density at radius 3 is 2.66 bits per heavy atom. The van der Waals surface area contributed by atoms with Crippen molar-refractivity contribution < 1.29 is 13.0 Å². The second-order valence-corrected chi connectivity index (χ2v) is 13.6. The van der Waals surface area contributed by atoms with Crippen molar-refractivity contribution in [2.75, 3.05) is 12.0 Å². The first-order valence-corrected chi connectivity index (χ1v) is 14.7. The molecule has 6 rings (SSSR count). The summed E-state index contributed by atoms with van der Waals surface area (Å²) in [5, 5.41) is 13.4. The lowest BCUT2D eigenvalue weighted by atomic mass is 9.68. The predicted octanol–water partition coefficient (Wildman–Crippen LogP) is 3.88. The summed E-state index contributed by atoms with van der Waals surface area (Å²) < 4.78 is 42.6. The van der Waals surface area contributed by atoms with Gasteiger partial charge in [0, 0.05) is 30.7 Å². The molecule has 38 heavy (non-hydrogen) atoms. The Bertz CT molecular complexity index is 1660. The van der Waals surface area contributed by atoms with E-state index in [1.54, 1.807) is 35.6 Å². The maximum absolute atomic E-state index is 14.5. The SMILES string of the molecule is C=S(C)(=O)CCc1ncn(-c2ccnc([C@@]34CC[C@@H](c5cc(-c6c(F)cccc6F)nnc53)C4(C)C)n2)n1. The maximum Gasteiger partial charge on any atom is 0.158 e. The molecule has 0 saturated heterocycles. The van der Waals surface area contributed by atoms with Crippen LogP contribution < -0.4 is 0 Å². The molecule has 0 amide bonds. The zero-order valence-electron chi connectivity index (χ0n) is 21.4. The van der Waals surface area contributed by atoms with Crippen LogP contribution in [0.15, 0.2) is 42.9 Å². The minimum absolute atomic E-state index is 0.110. The van der Waals surface area contributed by atoms with Crippen LogP contribution in [0.1, 0.15) is 55.5 Å². The molecule has 1 unspecified atom stereocenters. The molecule has 3 atom stereocenters. The summed E-state index contributed by atoms with van der Waals surface area (Å²) in [4.78, 5) is 13.9. The van der Waals surface area contributed by atoms with Crippen molar-refractivity contribution in [2.24, 2.45) is 5.41 Å². The zero-order valence-corrected chi connectivity index (χ0v) is 22.2. The molecule has 2 aliphatic carbocycles. The van der Waals surface area contributed by atoms with Crippen LogP contribution in [-0.4, -0.2) is 57.0 Å². The molecule has 196 valence electrons. The second-order valence-electron chi connectivity index (χ2n) is 10.8. The molecular formula is C27H27F2N7OS. The molecule has 11 heteroatoms. The van der Waals surface area contributed by atoms with Gasteiger partial charge in [-0.05, 0) is 63.3 Å². The number of nitrogens with zero attached hydrogens (tertiary/aromatic N) is 7. The Labute approximate surface area is 219 Å². The number of benzene rings is 1. The topological polar surface area (TPSA) is 99.3 Å². The van der Waals surface area contributed by atoms with Gasteiger partial charge in [-0.15, -0.1) is 10.2 Å². The summed E-state index contributed by atoms with van der Waals surface area (Å²) >= 11 is 0. The first-order valence-electron chi connectivity index (χ1n) is 12.4. The van der Waals surface area contributed by atoms with Crippen LogP contribution in [0.3, 0.4) is 0 Å². The summed E-state index contributed by atoms with van der Waals surface area (Å²) in [6, 6.07) is 7.31. The van der Waals surface area contributed by atoms with Crippen molar-refractivity contribution in [3.8, 4) is 17.1 Å². The molecule has 0 spiro atoms. The third-order valence-corrected chi connectivity index (χ3v) is 9.22. The standard InChI is InChI=1S/C27H27F2N7OS/c1-26(2)17-8-11-27(26,24-16(17)14-20(33-34-24)23-18(28)6-5-7-19(23)29)25-30-12-9-22(32-25)36-15-31-21(35-36)10-13-38(3,4)37/h5-7,9,12,14-15,17H,3,8,10-11,13H2,1-2,4H3/t17-,27+,38?/m0/s1. The van der Waals surface area contributed by atoms with Gasteiger partial charge in [0.2, 0.25) is 0 Å². The van der Waals surface area contributed by atoms with Crippen molar-refractivity contribution in [3.63, 3.8) is 0 Å². The van der Waals surface area contributed by atoms with Crippen LogP contribution in [0.4, 0.5) is 8.78 Å². The fourth-order valence-corrected chi connectivity index (χ4v) is 6.81. The van der Waals surface area contributed by atoms with Gasteiger partial charge in [0.1, 0.15) is 23.8 Å². The largest absolute Gasteiger partial charge is 0.268 e. The smallest absolute Gasteiger partial charge is 0.158 e. The van der Waals surface area contributed by atoms with E-state index in [1.165, 1.54) is 18.2 Å². The summed E-state index contributed by atoms with van der Waals surface area (Å²) in [6.45, 7) is 4.33. The average Bonchev–Trinajstić information content (AvgIpc) is 3.50. The third kappa shape index (κ3) is 3.66. The summed E-state index contributed by atoms with van der Waals surface area (Å²) in [5.74, 6) is 4.58. The molecule has 4 aromatic rings. The lowest BCUT2D eigenvalue weighted by Crippen LogP contribution is -2.39. The number of halogens is 2. The molecule has 2 bridgehead atoms. The van der Waals surface area contributed by atoms with E-state index in [2.05, 4.69) is 45.0 Å². The molecule has 3 aromatic heterocycles. The average molecular weight is 536 g/mol. The number of aromatic nitrogens is 7. The molecule has 8 nitrogen and oxygen atoms in total. The third-order valence-electron chi connectivity index (χ3n) is 8.16. The molecule has 2 aliphatic rings. The quantitative estimate of drug-likeness (QED) is 0.346. The predicted molar refractivity (Wildman–Crippen MR) is 141 cm³/mol. The number of hydrogen-bond acceptors (Lipinski definition) is 7. The van der Waals surface area contributed by atoms with Crippen molar-refractivity contribution in [3.05, 3.63) is 77.4 Å². The van der Waals surface area contributed by atoms with Crippen molar-refractivity contribution in [1.82, 2.24) is 34.9 Å². The van der Waals surface area contributed by atoms with Crippen LogP contribution in [0.5, 0.6) is 0 Å². The van der Waals surface area contributed by atoms with Crippen LogP contribution >= 0.6 is 0 Å². The van der Waals surface area contributed by atoms with E-state index in [0.29, 0.717) is 29.6 Å². The Morgan fingerprint density at radius 2 is 1.92 bits per heavy atom. The lowest BCUT2D eigenvalue weighted by Gasteiger charge is -2.36. The van der Waals surface area contributed by atoms with E-state index in [-0.39, 0.29) is 22.6 Å². The first kappa shape index (κ1) is 24.7. The van der Waals surface area contributed by atoms with Gasteiger partial charge in [0.15, 0.2) is 11.6 Å². The molecule has 1 saturated carbocycles. The highest BCUT2D eigenvalue weighted by Gasteiger charge is 2.66. The molecular weight excluding hydrogens is 508 g/mol. The highest BCUT2D eigenvalue weighted by molar-refractivity contribution is 7.99. The number of fused-ring (bicyclic) bond motifs is 5. The van der Waals surface area contributed by atoms with Gasteiger partial charge in [0.05, 0.1) is 22.4 Å². The molecule has 1 aromatic carbocycles. The zero-order chi connectivity index (χ0) is 26.9. The fraction of sp³-hybridized carbons (Fsp3) is 0.370. The van der Waals surface area contributed by atoms with E-state index in [4.69, 9.17) is 4.98 Å². The lowest BCUT2D eigenvalue weighted by molar-refractivity contribution is 0.237. The monoisotopic (exact) mass is 535 g/mol. The van der Waals surface area contributed by atoms with Gasteiger partial charge in [-0.2, -0.15) is 5.10 Å². The van der Waals surface area contributed by atoms with E-state index >= 15 is 0 Å². The van der Waals surface area contributed by atoms with Crippen LogP contribution in [0.2, 0.25) is 0 Å². The van der Waals surface area contributed by atoms with Gasteiger partial charge >= 0.3 is 0 Å². The maximum atomic E-state index is 14.5. The summed E-state index contributed by atoms with van der Waals surface area (Å²) in [7, 11) is -2.14. The van der Waals surface area contributed by atoms with Gasteiger partial charge in [-0.1, -0.05) is 19.9 Å². The van der Waals surface area contributed by atoms with Crippen LogP contribution in [0.25, 0.3) is 17.1 Å². The van der Waals surface area contributed by atoms with E-state index < -0.39 is 26.6 Å². The van der Waals surface area contributed by atoms with Gasteiger partial charge < -0.3 is 0 Å². The van der Waals surface area contributed by atoms with Crippen molar-refractivity contribution >= 4 is 15.4 Å². The Balaban J connectivity index is 1.41. The fourth-order valence-electron chi connectivity index (χ4n) is 6.20. The van der Waals surface area contributed by atoms with Crippen LogP contribution in [0, 0.1) is 17.0 Å². The van der Waals surface area contributed by atoms with Gasteiger partial charge in [-0.25, -0.2) is 28.4 Å². The molecule has 0 radical (unpaired) electrons. The second kappa shape index (κ2) is 8.45. The van der Waals surface area contributed by atoms with E-state index in [9.17, 15) is 13.0 Å². The number of hydrogen-bond donors (Lipinski definition) is 0. The normalized spacial score (nSPS) is 22.8. The molecule has 0 aliphatic heterocycles.